The second-order valence-electron chi connectivity index (χ2n) is 3.71. The largest absolute Gasteiger partial charge is 0.384 e. The van der Waals surface area contributed by atoms with Gasteiger partial charge in [-0.3, -0.25) is 4.79 Å². The molecule has 0 spiro atoms. The second-order valence-corrected chi connectivity index (χ2v) is 3.71. The summed E-state index contributed by atoms with van der Waals surface area (Å²) < 4.78 is 0. The van der Waals surface area contributed by atoms with E-state index in [0.717, 1.165) is 25.9 Å². The van der Waals surface area contributed by atoms with Crippen molar-refractivity contribution in [3.63, 3.8) is 0 Å². The Morgan fingerprint density at radius 2 is 2.19 bits per heavy atom. The van der Waals surface area contributed by atoms with Crippen LogP contribution >= 0.6 is 0 Å². The standard InChI is InChI=1S/C12H19N3O/c1-3-5-8-15(4-2)12(16)10-6-7-11(13)14-9-10/h6-7,9H,3-5,8H2,1-2H3,(H2,13,14). The van der Waals surface area contributed by atoms with E-state index in [1.54, 1.807) is 12.1 Å². The summed E-state index contributed by atoms with van der Waals surface area (Å²) >= 11 is 0. The predicted octanol–water partition coefficient (Wildman–Crippen LogP) is 1.93. The summed E-state index contributed by atoms with van der Waals surface area (Å²) in [4.78, 5) is 17.8. The summed E-state index contributed by atoms with van der Waals surface area (Å²) in [7, 11) is 0. The third-order valence-electron chi connectivity index (χ3n) is 2.48. The minimum atomic E-state index is 0.0310. The molecular formula is C12H19N3O. The van der Waals surface area contributed by atoms with E-state index < -0.39 is 0 Å². The average molecular weight is 221 g/mol. The first-order valence-electron chi connectivity index (χ1n) is 5.69. The maximum absolute atomic E-state index is 12.0. The van der Waals surface area contributed by atoms with E-state index in [9.17, 15) is 4.79 Å². The molecular weight excluding hydrogens is 202 g/mol. The zero-order chi connectivity index (χ0) is 12.0. The van der Waals surface area contributed by atoms with Crippen LogP contribution in [0.15, 0.2) is 18.3 Å². The third-order valence-corrected chi connectivity index (χ3v) is 2.48. The lowest BCUT2D eigenvalue weighted by Gasteiger charge is -2.20. The van der Waals surface area contributed by atoms with Crippen molar-refractivity contribution in [1.29, 1.82) is 0 Å². The van der Waals surface area contributed by atoms with Crippen LogP contribution < -0.4 is 5.73 Å². The van der Waals surface area contributed by atoms with Crippen LogP contribution in [0.4, 0.5) is 5.82 Å². The van der Waals surface area contributed by atoms with E-state index in [0.29, 0.717) is 11.4 Å². The van der Waals surface area contributed by atoms with Crippen molar-refractivity contribution >= 4 is 11.7 Å². The molecule has 0 aliphatic rings. The molecule has 0 aliphatic heterocycles. The van der Waals surface area contributed by atoms with Gasteiger partial charge < -0.3 is 10.6 Å². The number of nitrogen functional groups attached to an aromatic ring is 1. The summed E-state index contributed by atoms with van der Waals surface area (Å²) in [6.07, 6.45) is 3.65. The summed E-state index contributed by atoms with van der Waals surface area (Å²) in [6, 6.07) is 3.38. The number of anilines is 1. The van der Waals surface area contributed by atoms with Crippen molar-refractivity contribution in [2.75, 3.05) is 18.8 Å². The van der Waals surface area contributed by atoms with Gasteiger partial charge in [-0.15, -0.1) is 0 Å². The SMILES string of the molecule is CCCCN(CC)C(=O)c1ccc(N)nc1. The number of aromatic nitrogens is 1. The molecule has 0 radical (unpaired) electrons. The Morgan fingerprint density at radius 1 is 1.44 bits per heavy atom. The number of amides is 1. The van der Waals surface area contributed by atoms with Crippen molar-refractivity contribution in [2.24, 2.45) is 0 Å². The van der Waals surface area contributed by atoms with E-state index in [2.05, 4.69) is 11.9 Å². The van der Waals surface area contributed by atoms with E-state index in [4.69, 9.17) is 5.73 Å². The Bertz CT molecular complexity index is 335. The molecule has 4 nitrogen and oxygen atoms in total. The number of unbranched alkanes of at least 4 members (excludes halogenated alkanes) is 1. The van der Waals surface area contributed by atoms with Crippen LogP contribution in [0.25, 0.3) is 0 Å². The van der Waals surface area contributed by atoms with Gasteiger partial charge in [0.25, 0.3) is 5.91 Å². The zero-order valence-corrected chi connectivity index (χ0v) is 9.94. The molecule has 1 rings (SSSR count). The van der Waals surface area contributed by atoms with Crippen LogP contribution in [-0.2, 0) is 0 Å². The van der Waals surface area contributed by atoms with Gasteiger partial charge >= 0.3 is 0 Å². The van der Waals surface area contributed by atoms with E-state index in [1.807, 2.05) is 11.8 Å². The van der Waals surface area contributed by atoms with Gasteiger partial charge in [0.2, 0.25) is 0 Å². The molecule has 0 fully saturated rings. The van der Waals surface area contributed by atoms with Crippen molar-refractivity contribution < 1.29 is 4.79 Å². The molecule has 2 N–H and O–H groups in total. The highest BCUT2D eigenvalue weighted by Gasteiger charge is 2.13. The van der Waals surface area contributed by atoms with Gasteiger partial charge in [-0.2, -0.15) is 0 Å². The average Bonchev–Trinajstić information content (AvgIpc) is 2.30. The summed E-state index contributed by atoms with van der Waals surface area (Å²) in [5.41, 5.74) is 6.08. The van der Waals surface area contributed by atoms with Gasteiger partial charge in [0.1, 0.15) is 5.82 Å². The molecule has 0 saturated carbocycles. The minimum absolute atomic E-state index is 0.0310. The lowest BCUT2D eigenvalue weighted by molar-refractivity contribution is 0.0762. The maximum Gasteiger partial charge on any atom is 0.255 e. The lowest BCUT2D eigenvalue weighted by Crippen LogP contribution is -2.31. The molecule has 16 heavy (non-hydrogen) atoms. The zero-order valence-electron chi connectivity index (χ0n) is 9.94. The van der Waals surface area contributed by atoms with Crippen molar-refractivity contribution in [2.45, 2.75) is 26.7 Å². The molecule has 0 atom stereocenters. The van der Waals surface area contributed by atoms with Crippen LogP contribution in [-0.4, -0.2) is 28.9 Å². The van der Waals surface area contributed by atoms with Gasteiger partial charge in [-0.25, -0.2) is 4.98 Å². The molecule has 1 heterocycles. The predicted molar refractivity (Wildman–Crippen MR) is 65.1 cm³/mol. The summed E-state index contributed by atoms with van der Waals surface area (Å²) in [5, 5.41) is 0. The van der Waals surface area contributed by atoms with Crippen molar-refractivity contribution in [3.05, 3.63) is 23.9 Å². The second kappa shape index (κ2) is 6.10. The van der Waals surface area contributed by atoms with Gasteiger partial charge in [-0.05, 0) is 25.5 Å². The van der Waals surface area contributed by atoms with Crippen LogP contribution in [0.5, 0.6) is 0 Å². The monoisotopic (exact) mass is 221 g/mol. The van der Waals surface area contributed by atoms with Crippen LogP contribution in [0.3, 0.4) is 0 Å². The quantitative estimate of drug-likeness (QED) is 0.826. The topological polar surface area (TPSA) is 59.2 Å². The molecule has 0 bridgehead atoms. The van der Waals surface area contributed by atoms with Crippen LogP contribution in [0.1, 0.15) is 37.0 Å². The number of nitrogens with two attached hydrogens (primary N) is 1. The fourth-order valence-electron chi connectivity index (χ4n) is 1.47. The molecule has 0 aliphatic carbocycles. The highest BCUT2D eigenvalue weighted by molar-refractivity contribution is 5.94. The van der Waals surface area contributed by atoms with Crippen LogP contribution in [0.2, 0.25) is 0 Å². The highest BCUT2D eigenvalue weighted by Crippen LogP contribution is 2.06. The van der Waals surface area contributed by atoms with E-state index >= 15 is 0 Å². The Kier molecular flexibility index (Phi) is 4.76. The molecule has 88 valence electrons. The molecule has 4 heteroatoms. The first-order valence-corrected chi connectivity index (χ1v) is 5.69. The van der Waals surface area contributed by atoms with Gasteiger partial charge in [0, 0.05) is 19.3 Å². The fraction of sp³-hybridized carbons (Fsp3) is 0.500. The number of nitrogens with zero attached hydrogens (tertiary/aromatic N) is 2. The Labute approximate surface area is 96.5 Å². The molecule has 1 amide bonds. The molecule has 0 saturated heterocycles. The summed E-state index contributed by atoms with van der Waals surface area (Å²) in [6.45, 7) is 5.63. The van der Waals surface area contributed by atoms with Gasteiger partial charge in [-0.1, -0.05) is 13.3 Å². The normalized spacial score (nSPS) is 10.1. The summed E-state index contributed by atoms with van der Waals surface area (Å²) in [5.74, 6) is 0.469. The lowest BCUT2D eigenvalue weighted by atomic mass is 10.2. The van der Waals surface area contributed by atoms with E-state index in [-0.39, 0.29) is 5.91 Å². The molecule has 1 aromatic heterocycles. The Morgan fingerprint density at radius 3 is 2.69 bits per heavy atom. The fourth-order valence-corrected chi connectivity index (χ4v) is 1.47. The number of carbonyl (C=O) groups is 1. The first-order chi connectivity index (χ1) is 7.69. The molecule has 0 aromatic carbocycles. The van der Waals surface area contributed by atoms with Crippen molar-refractivity contribution in [3.8, 4) is 0 Å². The van der Waals surface area contributed by atoms with Crippen LogP contribution in [0, 0.1) is 0 Å². The van der Waals surface area contributed by atoms with Gasteiger partial charge in [0.15, 0.2) is 0 Å². The smallest absolute Gasteiger partial charge is 0.255 e. The minimum Gasteiger partial charge on any atom is -0.384 e. The molecule has 0 unspecified atom stereocenters. The van der Waals surface area contributed by atoms with E-state index in [1.165, 1.54) is 6.20 Å². The Hall–Kier alpha value is -1.58. The third kappa shape index (κ3) is 3.22. The number of pyridine rings is 1. The number of rotatable bonds is 5. The highest BCUT2D eigenvalue weighted by atomic mass is 16.2. The number of hydrogen-bond acceptors (Lipinski definition) is 3. The first kappa shape index (κ1) is 12.5. The molecule has 1 aromatic rings. The van der Waals surface area contributed by atoms with Crippen molar-refractivity contribution in [1.82, 2.24) is 9.88 Å². The Balaban J connectivity index is 2.70. The maximum atomic E-state index is 12.0. The number of carbonyl (C=O) groups excluding carboxylic acids is 1. The number of hydrogen-bond donors (Lipinski definition) is 1. The van der Waals surface area contributed by atoms with Gasteiger partial charge in [0.05, 0.1) is 5.56 Å².